The van der Waals surface area contributed by atoms with Gasteiger partial charge >= 0.3 is 0 Å². The fourth-order valence-electron chi connectivity index (χ4n) is 4.09. The van der Waals surface area contributed by atoms with Crippen molar-refractivity contribution < 1.29 is 4.79 Å². The van der Waals surface area contributed by atoms with Gasteiger partial charge in [0, 0.05) is 36.5 Å². The molecule has 170 valence electrons. The average Bonchev–Trinajstić information content (AvgIpc) is 3.44. The van der Waals surface area contributed by atoms with Gasteiger partial charge in [0.2, 0.25) is 0 Å². The fourth-order valence-corrected chi connectivity index (χ4v) is 4.09. The van der Waals surface area contributed by atoms with E-state index in [2.05, 4.69) is 9.83 Å². The van der Waals surface area contributed by atoms with E-state index in [0.717, 1.165) is 36.2 Å². The first-order valence-corrected chi connectivity index (χ1v) is 11.6. The van der Waals surface area contributed by atoms with Crippen LogP contribution in [0.2, 0.25) is 0 Å². The number of rotatable bonds is 8. The van der Waals surface area contributed by atoms with Crippen molar-refractivity contribution in [2.45, 2.75) is 25.8 Å². The van der Waals surface area contributed by atoms with Crippen molar-refractivity contribution in [3.8, 4) is 22.5 Å². The lowest BCUT2D eigenvalue weighted by molar-refractivity contribution is 0.0979. The second-order valence-corrected chi connectivity index (χ2v) is 8.33. The summed E-state index contributed by atoms with van der Waals surface area (Å²) in [7, 11) is 0. The molecule has 5 aromatic rings. The molecule has 0 saturated heterocycles. The van der Waals surface area contributed by atoms with Gasteiger partial charge in [0.15, 0.2) is 11.5 Å². The predicted octanol–water partition coefficient (Wildman–Crippen LogP) is 6.76. The van der Waals surface area contributed by atoms with E-state index in [4.69, 9.17) is 16.5 Å². The van der Waals surface area contributed by atoms with E-state index < -0.39 is 0 Å². The molecule has 0 spiro atoms. The van der Waals surface area contributed by atoms with Gasteiger partial charge in [-0.15, -0.1) is 0 Å². The van der Waals surface area contributed by atoms with E-state index in [0.29, 0.717) is 34.4 Å². The number of aryl methyl sites for hydroxylation is 1. The van der Waals surface area contributed by atoms with Crippen LogP contribution in [0.15, 0.2) is 91.5 Å². The van der Waals surface area contributed by atoms with Crippen LogP contribution in [0.5, 0.6) is 0 Å². The SMILES string of the molecule is [C-]#[N+]c1cccc(-c2nc3ccc(C(=O)CCCCn4ccnc4)cc3nc2-c2ccccc2)c1. The lowest BCUT2D eigenvalue weighted by atomic mass is 10.0. The van der Waals surface area contributed by atoms with Crippen LogP contribution in [0.1, 0.15) is 29.6 Å². The molecule has 3 aromatic carbocycles. The first-order valence-electron chi connectivity index (χ1n) is 11.6. The molecule has 6 heteroatoms. The fraction of sp³-hybridized carbons (Fsp3) is 0.138. The lowest BCUT2D eigenvalue weighted by Crippen LogP contribution is -2.02. The molecule has 2 heterocycles. The number of aromatic nitrogens is 4. The van der Waals surface area contributed by atoms with Gasteiger partial charge in [0.05, 0.1) is 35.3 Å². The van der Waals surface area contributed by atoms with Crippen molar-refractivity contribution in [2.75, 3.05) is 0 Å². The summed E-state index contributed by atoms with van der Waals surface area (Å²) in [4.78, 5) is 30.3. The van der Waals surface area contributed by atoms with Gasteiger partial charge in [-0.05, 0) is 42.7 Å². The number of carbonyl (C=O) groups excluding carboxylic acids is 1. The van der Waals surface area contributed by atoms with E-state index in [1.54, 1.807) is 18.6 Å². The van der Waals surface area contributed by atoms with Crippen molar-refractivity contribution in [2.24, 2.45) is 0 Å². The van der Waals surface area contributed by atoms with E-state index in [9.17, 15) is 4.79 Å². The average molecular weight is 458 g/mol. The van der Waals surface area contributed by atoms with E-state index in [-0.39, 0.29) is 5.78 Å². The Morgan fingerprint density at radius 2 is 1.66 bits per heavy atom. The molecule has 0 unspecified atom stereocenters. The quantitative estimate of drug-likeness (QED) is 0.147. The Labute approximate surface area is 203 Å². The number of Topliss-reactive ketones (excluding diaryl/α,β-unsaturated/α-hetero) is 1. The van der Waals surface area contributed by atoms with Crippen LogP contribution in [-0.4, -0.2) is 25.3 Å². The van der Waals surface area contributed by atoms with Crippen LogP contribution in [0.25, 0.3) is 38.4 Å². The number of fused-ring (bicyclic) bond motifs is 1. The van der Waals surface area contributed by atoms with Gasteiger partial charge in [-0.2, -0.15) is 0 Å². The minimum Gasteiger partial charge on any atom is -0.337 e. The second-order valence-electron chi connectivity index (χ2n) is 8.33. The molecule has 0 aliphatic carbocycles. The Morgan fingerprint density at radius 1 is 0.857 bits per heavy atom. The number of ketones is 1. The third-order valence-corrected chi connectivity index (χ3v) is 5.91. The first kappa shape index (κ1) is 22.2. The van der Waals surface area contributed by atoms with Crippen molar-refractivity contribution >= 4 is 22.5 Å². The molecule has 0 atom stereocenters. The summed E-state index contributed by atoms with van der Waals surface area (Å²) in [6, 6.07) is 22.8. The van der Waals surface area contributed by atoms with Gasteiger partial charge in [0.1, 0.15) is 0 Å². The largest absolute Gasteiger partial charge is 0.337 e. The number of unbranched alkanes of at least 4 members (excludes halogenated alkanes) is 1. The number of hydrogen-bond acceptors (Lipinski definition) is 4. The number of hydrogen-bond donors (Lipinski definition) is 0. The van der Waals surface area contributed by atoms with Gasteiger partial charge in [-0.1, -0.05) is 48.5 Å². The molecule has 6 nitrogen and oxygen atoms in total. The van der Waals surface area contributed by atoms with Crippen LogP contribution in [0, 0.1) is 6.57 Å². The van der Waals surface area contributed by atoms with Gasteiger partial charge < -0.3 is 4.57 Å². The number of imidazole rings is 1. The second kappa shape index (κ2) is 10.1. The first-order chi connectivity index (χ1) is 17.2. The Hall–Kier alpha value is -4.63. The highest BCUT2D eigenvalue weighted by atomic mass is 16.1. The van der Waals surface area contributed by atoms with Gasteiger partial charge in [0.25, 0.3) is 0 Å². The molecule has 0 aliphatic rings. The van der Waals surface area contributed by atoms with Crippen LogP contribution in [0.4, 0.5) is 5.69 Å². The maximum atomic E-state index is 12.9. The van der Waals surface area contributed by atoms with Crippen LogP contribution < -0.4 is 0 Å². The minimum absolute atomic E-state index is 0.106. The Morgan fingerprint density at radius 3 is 2.46 bits per heavy atom. The molecule has 0 fully saturated rings. The van der Waals surface area contributed by atoms with Crippen molar-refractivity contribution in [1.82, 2.24) is 19.5 Å². The van der Waals surface area contributed by atoms with E-state index in [1.165, 1.54) is 0 Å². The molecule has 0 aliphatic heterocycles. The molecule has 35 heavy (non-hydrogen) atoms. The summed E-state index contributed by atoms with van der Waals surface area (Å²) in [5.74, 6) is 0.106. The zero-order valence-electron chi connectivity index (χ0n) is 19.1. The van der Waals surface area contributed by atoms with Crippen molar-refractivity contribution in [1.29, 1.82) is 0 Å². The summed E-state index contributed by atoms with van der Waals surface area (Å²) >= 11 is 0. The molecule has 0 amide bonds. The van der Waals surface area contributed by atoms with Gasteiger partial charge in [-0.3, -0.25) is 4.79 Å². The molecule has 5 rings (SSSR count). The molecular formula is C29H23N5O. The maximum absolute atomic E-state index is 12.9. The molecular weight excluding hydrogens is 434 g/mol. The third-order valence-electron chi connectivity index (χ3n) is 5.91. The Bertz CT molecular complexity index is 1520. The van der Waals surface area contributed by atoms with Crippen LogP contribution in [0.3, 0.4) is 0 Å². The minimum atomic E-state index is 0.106. The summed E-state index contributed by atoms with van der Waals surface area (Å²) in [5.41, 5.74) is 5.81. The summed E-state index contributed by atoms with van der Waals surface area (Å²) in [5, 5.41) is 0. The number of carbonyl (C=O) groups is 1. The lowest BCUT2D eigenvalue weighted by Gasteiger charge is -2.12. The normalized spacial score (nSPS) is 10.8. The van der Waals surface area contributed by atoms with Gasteiger partial charge in [-0.25, -0.2) is 19.8 Å². The van der Waals surface area contributed by atoms with Crippen LogP contribution >= 0.6 is 0 Å². The summed E-state index contributed by atoms with van der Waals surface area (Å²) in [6.07, 6.45) is 7.70. The topological polar surface area (TPSA) is 65.0 Å². The van der Waals surface area contributed by atoms with E-state index >= 15 is 0 Å². The molecule has 0 saturated carbocycles. The highest BCUT2D eigenvalue weighted by Gasteiger charge is 2.15. The smallest absolute Gasteiger partial charge is 0.187 e. The highest BCUT2D eigenvalue weighted by molar-refractivity contribution is 5.99. The molecule has 0 radical (unpaired) electrons. The third kappa shape index (κ3) is 4.99. The zero-order valence-corrected chi connectivity index (χ0v) is 19.1. The standard InChI is InChI=1S/C29H23N5O/c1-30-24-11-7-10-23(18-24)29-28(21-8-3-2-4-9-21)33-26-19-22(13-14-25(26)32-29)27(35)12-5-6-16-34-17-15-31-20-34/h2-4,7-11,13-15,17-20H,5-6,12,16H2. The molecule has 0 bridgehead atoms. The zero-order chi connectivity index (χ0) is 24.0. The molecule has 2 aromatic heterocycles. The highest BCUT2D eigenvalue weighted by Crippen LogP contribution is 2.33. The molecule has 0 N–H and O–H groups in total. The monoisotopic (exact) mass is 457 g/mol. The number of benzene rings is 3. The Kier molecular flexibility index (Phi) is 6.40. The summed E-state index contributed by atoms with van der Waals surface area (Å²) in [6.45, 7) is 8.22. The van der Waals surface area contributed by atoms with E-state index in [1.807, 2.05) is 77.5 Å². The van der Waals surface area contributed by atoms with Crippen molar-refractivity contribution in [3.63, 3.8) is 0 Å². The van der Waals surface area contributed by atoms with Crippen molar-refractivity contribution in [3.05, 3.63) is 108 Å². The Balaban J connectivity index is 1.46. The summed E-state index contributed by atoms with van der Waals surface area (Å²) < 4.78 is 2.02. The number of nitrogens with zero attached hydrogens (tertiary/aromatic N) is 5. The maximum Gasteiger partial charge on any atom is 0.187 e. The predicted molar refractivity (Wildman–Crippen MR) is 137 cm³/mol. The van der Waals surface area contributed by atoms with Crippen LogP contribution in [-0.2, 0) is 6.54 Å².